The standard InChI is InChI=1S/C23H27N3O3/c1-3-25(4-2)23(29)19-11-13-20(14-12-19)24-22(28)18-9-7-17(8-10-18)16-26-15-5-6-21(26)27/h7-14H,3-6,15-16H2,1-2H3,(H,24,28). The zero-order valence-corrected chi connectivity index (χ0v) is 17.0. The maximum Gasteiger partial charge on any atom is 0.255 e. The van der Waals surface area contributed by atoms with Gasteiger partial charge in [-0.25, -0.2) is 0 Å². The van der Waals surface area contributed by atoms with E-state index in [2.05, 4.69) is 5.32 Å². The molecule has 0 spiro atoms. The Morgan fingerprint density at radius 3 is 2.14 bits per heavy atom. The number of hydrogen-bond donors (Lipinski definition) is 1. The maximum absolute atomic E-state index is 12.5. The molecule has 1 fully saturated rings. The highest BCUT2D eigenvalue weighted by molar-refractivity contribution is 6.04. The SMILES string of the molecule is CCN(CC)C(=O)c1ccc(NC(=O)c2ccc(CN3CCCC3=O)cc2)cc1. The summed E-state index contributed by atoms with van der Waals surface area (Å²) in [5, 5.41) is 2.85. The van der Waals surface area contributed by atoms with Crippen molar-refractivity contribution >= 4 is 23.4 Å². The van der Waals surface area contributed by atoms with Crippen LogP contribution in [0.5, 0.6) is 0 Å². The average molecular weight is 393 g/mol. The normalized spacial score (nSPS) is 13.4. The summed E-state index contributed by atoms with van der Waals surface area (Å²) >= 11 is 0. The molecule has 3 rings (SSSR count). The van der Waals surface area contributed by atoms with E-state index in [1.807, 2.05) is 30.9 Å². The third-order valence-corrected chi connectivity index (χ3v) is 5.20. The van der Waals surface area contributed by atoms with E-state index in [-0.39, 0.29) is 17.7 Å². The lowest BCUT2D eigenvalue weighted by atomic mass is 10.1. The van der Waals surface area contributed by atoms with Gasteiger partial charge in [0.25, 0.3) is 11.8 Å². The molecule has 6 heteroatoms. The molecule has 0 radical (unpaired) electrons. The molecule has 0 bridgehead atoms. The number of nitrogens with one attached hydrogen (secondary N) is 1. The molecule has 2 aromatic rings. The Balaban J connectivity index is 1.59. The average Bonchev–Trinajstić information content (AvgIpc) is 3.14. The van der Waals surface area contributed by atoms with Crippen molar-refractivity contribution in [3.63, 3.8) is 0 Å². The minimum Gasteiger partial charge on any atom is -0.339 e. The van der Waals surface area contributed by atoms with E-state index < -0.39 is 0 Å². The predicted octanol–water partition coefficient (Wildman–Crippen LogP) is 3.54. The number of carbonyl (C=O) groups excluding carboxylic acids is 3. The molecule has 1 aliphatic heterocycles. The summed E-state index contributed by atoms with van der Waals surface area (Å²) in [5.41, 5.74) is 2.80. The highest BCUT2D eigenvalue weighted by Crippen LogP contribution is 2.16. The van der Waals surface area contributed by atoms with Gasteiger partial charge in [-0.15, -0.1) is 0 Å². The van der Waals surface area contributed by atoms with Gasteiger partial charge in [-0.3, -0.25) is 14.4 Å². The molecule has 1 saturated heterocycles. The van der Waals surface area contributed by atoms with Gasteiger partial charge in [-0.2, -0.15) is 0 Å². The third kappa shape index (κ3) is 5.02. The summed E-state index contributed by atoms with van der Waals surface area (Å²) in [5.74, 6) is -0.0358. The second kappa shape index (κ2) is 9.37. The molecule has 0 aromatic heterocycles. The first-order chi connectivity index (χ1) is 14.0. The second-order valence-electron chi connectivity index (χ2n) is 7.12. The quantitative estimate of drug-likeness (QED) is 0.782. The Hall–Kier alpha value is -3.15. The van der Waals surface area contributed by atoms with Crippen LogP contribution >= 0.6 is 0 Å². The van der Waals surface area contributed by atoms with Crippen molar-refractivity contribution in [1.29, 1.82) is 0 Å². The number of rotatable bonds is 7. The topological polar surface area (TPSA) is 69.7 Å². The van der Waals surface area contributed by atoms with Gasteiger partial charge in [-0.05, 0) is 62.2 Å². The molecule has 1 heterocycles. The molecule has 0 aliphatic carbocycles. The van der Waals surface area contributed by atoms with Crippen LogP contribution in [-0.4, -0.2) is 47.2 Å². The van der Waals surface area contributed by atoms with Crippen LogP contribution in [0.4, 0.5) is 5.69 Å². The van der Waals surface area contributed by atoms with Gasteiger partial charge in [0.15, 0.2) is 0 Å². The Labute approximate surface area is 171 Å². The van der Waals surface area contributed by atoms with Crippen LogP contribution in [0.25, 0.3) is 0 Å². The number of anilines is 1. The van der Waals surface area contributed by atoms with Crippen LogP contribution in [0.3, 0.4) is 0 Å². The van der Waals surface area contributed by atoms with Crippen LogP contribution in [0.15, 0.2) is 48.5 Å². The van der Waals surface area contributed by atoms with Crippen molar-refractivity contribution in [2.24, 2.45) is 0 Å². The van der Waals surface area contributed by atoms with Crippen LogP contribution in [0.2, 0.25) is 0 Å². The van der Waals surface area contributed by atoms with Crippen LogP contribution in [0, 0.1) is 0 Å². The fourth-order valence-electron chi connectivity index (χ4n) is 3.45. The molecule has 2 aromatic carbocycles. The fourth-order valence-corrected chi connectivity index (χ4v) is 3.45. The molecule has 1 aliphatic rings. The van der Waals surface area contributed by atoms with Crippen LogP contribution in [0.1, 0.15) is 53.0 Å². The first-order valence-corrected chi connectivity index (χ1v) is 10.1. The highest BCUT2D eigenvalue weighted by atomic mass is 16.2. The molecule has 3 amide bonds. The molecule has 1 N–H and O–H groups in total. The number of amides is 3. The van der Waals surface area contributed by atoms with Crippen molar-refractivity contribution in [2.45, 2.75) is 33.2 Å². The van der Waals surface area contributed by atoms with Crippen molar-refractivity contribution < 1.29 is 14.4 Å². The van der Waals surface area contributed by atoms with Gasteiger partial charge in [0.1, 0.15) is 0 Å². The summed E-state index contributed by atoms with van der Waals surface area (Å²) in [7, 11) is 0. The predicted molar refractivity (Wildman–Crippen MR) is 113 cm³/mol. The van der Waals surface area contributed by atoms with Gasteiger partial charge >= 0.3 is 0 Å². The largest absolute Gasteiger partial charge is 0.339 e. The number of carbonyl (C=O) groups is 3. The summed E-state index contributed by atoms with van der Waals surface area (Å²) in [4.78, 5) is 40.2. The molecule has 6 nitrogen and oxygen atoms in total. The zero-order valence-electron chi connectivity index (χ0n) is 17.0. The smallest absolute Gasteiger partial charge is 0.255 e. The molecule has 29 heavy (non-hydrogen) atoms. The van der Waals surface area contributed by atoms with E-state index in [0.717, 1.165) is 18.5 Å². The van der Waals surface area contributed by atoms with Gasteiger partial charge in [0.05, 0.1) is 0 Å². The zero-order chi connectivity index (χ0) is 20.8. The van der Waals surface area contributed by atoms with Gasteiger partial charge in [-0.1, -0.05) is 12.1 Å². The molecule has 152 valence electrons. The van der Waals surface area contributed by atoms with E-state index in [9.17, 15) is 14.4 Å². The molecular formula is C23H27N3O3. The number of nitrogens with zero attached hydrogens (tertiary/aromatic N) is 2. The number of hydrogen-bond acceptors (Lipinski definition) is 3. The van der Waals surface area contributed by atoms with Crippen molar-refractivity contribution in [1.82, 2.24) is 9.80 Å². The first kappa shape index (κ1) is 20.6. The Bertz CT molecular complexity index is 871. The molecule has 0 atom stereocenters. The Morgan fingerprint density at radius 2 is 1.59 bits per heavy atom. The third-order valence-electron chi connectivity index (χ3n) is 5.20. The second-order valence-corrected chi connectivity index (χ2v) is 7.12. The van der Waals surface area contributed by atoms with Gasteiger partial charge < -0.3 is 15.1 Å². The number of likely N-dealkylation sites (tertiary alicyclic amines) is 1. The summed E-state index contributed by atoms with van der Waals surface area (Å²) < 4.78 is 0. The van der Waals surface area contributed by atoms with Crippen molar-refractivity contribution in [3.05, 3.63) is 65.2 Å². The molecule has 0 saturated carbocycles. The van der Waals surface area contributed by atoms with Crippen molar-refractivity contribution in [2.75, 3.05) is 25.0 Å². The molecule has 0 unspecified atom stereocenters. The fraction of sp³-hybridized carbons (Fsp3) is 0.348. The van der Waals surface area contributed by atoms with E-state index in [4.69, 9.17) is 0 Å². The Morgan fingerprint density at radius 1 is 0.966 bits per heavy atom. The van der Waals surface area contributed by atoms with E-state index >= 15 is 0 Å². The lowest BCUT2D eigenvalue weighted by Gasteiger charge is -2.18. The summed E-state index contributed by atoms with van der Waals surface area (Å²) in [6.07, 6.45) is 1.54. The van der Waals surface area contributed by atoms with Crippen LogP contribution in [-0.2, 0) is 11.3 Å². The maximum atomic E-state index is 12.5. The van der Waals surface area contributed by atoms with E-state index in [0.29, 0.717) is 42.9 Å². The molecular weight excluding hydrogens is 366 g/mol. The van der Waals surface area contributed by atoms with Crippen LogP contribution < -0.4 is 5.32 Å². The van der Waals surface area contributed by atoms with Gasteiger partial charge in [0, 0.05) is 49.4 Å². The lowest BCUT2D eigenvalue weighted by molar-refractivity contribution is -0.128. The number of benzene rings is 2. The minimum atomic E-state index is -0.211. The lowest BCUT2D eigenvalue weighted by Crippen LogP contribution is -2.30. The van der Waals surface area contributed by atoms with E-state index in [1.54, 1.807) is 41.3 Å². The highest BCUT2D eigenvalue weighted by Gasteiger charge is 2.20. The first-order valence-electron chi connectivity index (χ1n) is 10.1. The Kier molecular flexibility index (Phi) is 6.65. The van der Waals surface area contributed by atoms with Gasteiger partial charge in [0.2, 0.25) is 5.91 Å². The minimum absolute atomic E-state index is 0.0139. The summed E-state index contributed by atoms with van der Waals surface area (Å²) in [6.45, 7) is 6.61. The monoisotopic (exact) mass is 393 g/mol. The summed E-state index contributed by atoms with van der Waals surface area (Å²) in [6, 6.07) is 14.2. The van der Waals surface area contributed by atoms with Crippen molar-refractivity contribution in [3.8, 4) is 0 Å². The van der Waals surface area contributed by atoms with E-state index in [1.165, 1.54) is 0 Å².